The highest BCUT2D eigenvalue weighted by Gasteiger charge is 2.15. The van der Waals surface area contributed by atoms with E-state index in [1.807, 2.05) is 20.8 Å². The number of ether oxygens (including phenoxy) is 1. The minimum Gasteiger partial charge on any atom is -0.460 e. The first-order chi connectivity index (χ1) is 9.74. The molecule has 0 heterocycles. The van der Waals surface area contributed by atoms with Crippen LogP contribution in [0.15, 0.2) is 0 Å². The van der Waals surface area contributed by atoms with E-state index in [-0.39, 0.29) is 17.9 Å². The molecule has 0 rings (SSSR count). The molecule has 5 N–H and O–H groups in total. The number of carbonyl (C=O) groups is 2. The molecule has 0 saturated heterocycles. The molecule has 0 fully saturated rings. The second-order valence-electron chi connectivity index (χ2n) is 6.28. The lowest BCUT2D eigenvalue weighted by Gasteiger charge is -2.19. The third-order valence-corrected chi connectivity index (χ3v) is 2.84. The number of unbranched alkanes of at least 4 members (excludes halogenated alkanes) is 2. The molecule has 0 spiro atoms. The Bertz CT molecular complexity index is 314. The van der Waals surface area contributed by atoms with E-state index in [4.69, 9.17) is 16.2 Å². The first-order valence-electron chi connectivity index (χ1n) is 7.69. The average molecular weight is 301 g/mol. The normalized spacial score (nSPS) is 12.8. The summed E-state index contributed by atoms with van der Waals surface area (Å²) in [5, 5.41) is 2.84. The molecular weight excluding hydrogens is 270 g/mol. The molecule has 0 saturated carbocycles. The van der Waals surface area contributed by atoms with Gasteiger partial charge in [-0.1, -0.05) is 6.42 Å². The molecule has 21 heavy (non-hydrogen) atoms. The van der Waals surface area contributed by atoms with Gasteiger partial charge >= 0.3 is 5.97 Å². The van der Waals surface area contributed by atoms with Gasteiger partial charge in [0.25, 0.3) is 0 Å². The number of hydrogen-bond acceptors (Lipinski definition) is 5. The van der Waals surface area contributed by atoms with Crippen LogP contribution in [0.5, 0.6) is 0 Å². The summed E-state index contributed by atoms with van der Waals surface area (Å²) in [4.78, 5) is 22.9. The second kappa shape index (κ2) is 10.6. The molecule has 1 amide bonds. The van der Waals surface area contributed by atoms with E-state index in [1.165, 1.54) is 0 Å². The fourth-order valence-corrected chi connectivity index (χ4v) is 1.71. The summed E-state index contributed by atoms with van der Waals surface area (Å²) in [6, 6.07) is -0.107. The molecule has 0 aromatic rings. The minimum absolute atomic E-state index is 0.00559. The first-order valence-corrected chi connectivity index (χ1v) is 7.69. The number of amides is 1. The Morgan fingerprint density at radius 1 is 1.14 bits per heavy atom. The number of esters is 1. The Hall–Kier alpha value is -1.14. The quantitative estimate of drug-likeness (QED) is 0.413. The van der Waals surface area contributed by atoms with Crippen LogP contribution in [0, 0.1) is 0 Å². The van der Waals surface area contributed by atoms with Crippen LogP contribution < -0.4 is 16.8 Å². The molecule has 0 bridgehead atoms. The summed E-state index contributed by atoms with van der Waals surface area (Å²) in [5.41, 5.74) is 10.6. The SMILES string of the molecule is CC(C)(C)OC(=O)CCCCCNC(=O)CCC(N)CN. The van der Waals surface area contributed by atoms with E-state index in [1.54, 1.807) is 0 Å². The molecule has 0 aromatic carbocycles. The maximum atomic E-state index is 11.5. The molecule has 0 aliphatic rings. The summed E-state index contributed by atoms with van der Waals surface area (Å²) >= 11 is 0. The van der Waals surface area contributed by atoms with Crippen molar-refractivity contribution in [3.05, 3.63) is 0 Å². The molecule has 1 atom stereocenters. The van der Waals surface area contributed by atoms with Crippen LogP contribution >= 0.6 is 0 Å². The maximum absolute atomic E-state index is 11.5. The van der Waals surface area contributed by atoms with Crippen LogP contribution in [-0.2, 0) is 14.3 Å². The lowest BCUT2D eigenvalue weighted by Crippen LogP contribution is -2.32. The van der Waals surface area contributed by atoms with Crippen molar-refractivity contribution >= 4 is 11.9 Å². The van der Waals surface area contributed by atoms with Crippen LogP contribution in [0.25, 0.3) is 0 Å². The van der Waals surface area contributed by atoms with Crippen molar-refractivity contribution in [1.29, 1.82) is 0 Å². The standard InChI is InChI=1S/C15H31N3O3/c1-15(2,3)21-14(20)7-5-4-6-10-18-13(19)9-8-12(17)11-16/h12H,4-11,16-17H2,1-3H3,(H,18,19). The monoisotopic (exact) mass is 301 g/mol. The Morgan fingerprint density at radius 2 is 1.81 bits per heavy atom. The average Bonchev–Trinajstić information content (AvgIpc) is 2.37. The largest absolute Gasteiger partial charge is 0.460 e. The number of nitrogens with two attached hydrogens (primary N) is 2. The van der Waals surface area contributed by atoms with Gasteiger partial charge in [-0.05, 0) is 40.0 Å². The highest BCUT2D eigenvalue weighted by molar-refractivity contribution is 5.75. The number of hydrogen-bond donors (Lipinski definition) is 3. The van der Waals surface area contributed by atoms with Crippen molar-refractivity contribution in [2.45, 2.75) is 70.9 Å². The predicted molar refractivity (Wildman–Crippen MR) is 83.6 cm³/mol. The molecule has 124 valence electrons. The van der Waals surface area contributed by atoms with Crippen molar-refractivity contribution in [2.24, 2.45) is 11.5 Å². The lowest BCUT2D eigenvalue weighted by atomic mass is 10.1. The first kappa shape index (κ1) is 19.9. The van der Waals surface area contributed by atoms with E-state index in [0.717, 1.165) is 19.3 Å². The topological polar surface area (TPSA) is 107 Å². The zero-order chi connectivity index (χ0) is 16.3. The van der Waals surface area contributed by atoms with Crippen molar-refractivity contribution in [3.63, 3.8) is 0 Å². The molecule has 0 radical (unpaired) electrons. The maximum Gasteiger partial charge on any atom is 0.306 e. The van der Waals surface area contributed by atoms with E-state index in [9.17, 15) is 9.59 Å². The molecular formula is C15H31N3O3. The van der Waals surface area contributed by atoms with Crippen LogP contribution in [0.4, 0.5) is 0 Å². The van der Waals surface area contributed by atoms with E-state index < -0.39 is 5.60 Å². The zero-order valence-electron chi connectivity index (χ0n) is 13.6. The van der Waals surface area contributed by atoms with Crippen LogP contribution in [0.1, 0.15) is 59.3 Å². The van der Waals surface area contributed by atoms with Crippen molar-refractivity contribution in [3.8, 4) is 0 Å². The fourth-order valence-electron chi connectivity index (χ4n) is 1.71. The molecule has 6 heteroatoms. The smallest absolute Gasteiger partial charge is 0.306 e. The lowest BCUT2D eigenvalue weighted by molar-refractivity contribution is -0.154. The second-order valence-corrected chi connectivity index (χ2v) is 6.28. The summed E-state index contributed by atoms with van der Waals surface area (Å²) in [6.45, 7) is 6.61. The molecule has 1 unspecified atom stereocenters. The highest BCUT2D eigenvalue weighted by Crippen LogP contribution is 2.10. The van der Waals surface area contributed by atoms with E-state index in [0.29, 0.717) is 32.4 Å². The summed E-state index contributed by atoms with van der Waals surface area (Å²) < 4.78 is 5.22. The Labute approximate surface area is 128 Å². The van der Waals surface area contributed by atoms with E-state index in [2.05, 4.69) is 5.32 Å². The molecule has 0 aliphatic heterocycles. The van der Waals surface area contributed by atoms with Gasteiger partial charge in [-0.25, -0.2) is 0 Å². The van der Waals surface area contributed by atoms with Gasteiger partial charge in [0.1, 0.15) is 5.60 Å². The summed E-state index contributed by atoms with van der Waals surface area (Å²) in [7, 11) is 0. The summed E-state index contributed by atoms with van der Waals surface area (Å²) in [5.74, 6) is -0.159. The van der Waals surface area contributed by atoms with Gasteiger partial charge in [-0.3, -0.25) is 9.59 Å². The Balaban J connectivity index is 3.48. The minimum atomic E-state index is -0.421. The third-order valence-electron chi connectivity index (χ3n) is 2.84. The van der Waals surface area contributed by atoms with Gasteiger partial charge in [0, 0.05) is 32.0 Å². The molecule has 0 aliphatic carbocycles. The zero-order valence-corrected chi connectivity index (χ0v) is 13.6. The van der Waals surface area contributed by atoms with Crippen LogP contribution in [0.2, 0.25) is 0 Å². The van der Waals surface area contributed by atoms with Gasteiger partial charge in [-0.15, -0.1) is 0 Å². The van der Waals surface area contributed by atoms with Gasteiger partial charge < -0.3 is 21.5 Å². The molecule has 0 aromatic heterocycles. The predicted octanol–water partition coefficient (Wildman–Crippen LogP) is 1.07. The van der Waals surface area contributed by atoms with E-state index >= 15 is 0 Å². The Morgan fingerprint density at radius 3 is 2.38 bits per heavy atom. The van der Waals surface area contributed by atoms with Crippen LogP contribution in [0.3, 0.4) is 0 Å². The number of rotatable bonds is 10. The highest BCUT2D eigenvalue weighted by atomic mass is 16.6. The van der Waals surface area contributed by atoms with Gasteiger partial charge in [0.05, 0.1) is 0 Å². The van der Waals surface area contributed by atoms with Gasteiger partial charge in [0.15, 0.2) is 0 Å². The number of nitrogens with one attached hydrogen (secondary N) is 1. The van der Waals surface area contributed by atoms with Gasteiger partial charge in [0.2, 0.25) is 5.91 Å². The summed E-state index contributed by atoms with van der Waals surface area (Å²) in [6.07, 6.45) is 3.98. The Kier molecular flexibility index (Phi) is 9.99. The van der Waals surface area contributed by atoms with Crippen molar-refractivity contribution in [2.75, 3.05) is 13.1 Å². The van der Waals surface area contributed by atoms with Crippen LogP contribution in [-0.4, -0.2) is 36.6 Å². The van der Waals surface area contributed by atoms with Gasteiger partial charge in [-0.2, -0.15) is 0 Å². The number of carbonyl (C=O) groups excluding carboxylic acids is 2. The molecule has 6 nitrogen and oxygen atoms in total. The third kappa shape index (κ3) is 13.6. The van der Waals surface area contributed by atoms with Crippen molar-refractivity contribution in [1.82, 2.24) is 5.32 Å². The van der Waals surface area contributed by atoms with Crippen molar-refractivity contribution < 1.29 is 14.3 Å². The fraction of sp³-hybridized carbons (Fsp3) is 0.867.